The number of nitrogens with zero attached hydrogens (tertiary/aromatic N) is 1. The van der Waals surface area contributed by atoms with Gasteiger partial charge in [0.15, 0.2) is 0 Å². The predicted octanol–water partition coefficient (Wildman–Crippen LogP) is 3.01. The molecule has 4 bridgehead atoms. The van der Waals surface area contributed by atoms with E-state index in [0.29, 0.717) is 6.42 Å². The van der Waals surface area contributed by atoms with Gasteiger partial charge in [-0.05, 0) is 62.7 Å². The van der Waals surface area contributed by atoms with E-state index in [0.717, 1.165) is 43.4 Å². The lowest BCUT2D eigenvalue weighted by atomic mass is 9.53. The summed E-state index contributed by atoms with van der Waals surface area (Å²) < 4.78 is 0. The van der Waals surface area contributed by atoms with Crippen LogP contribution >= 0.6 is 0 Å². The van der Waals surface area contributed by atoms with Crippen LogP contribution in [0.5, 0.6) is 0 Å². The van der Waals surface area contributed by atoms with Gasteiger partial charge in [0.1, 0.15) is 5.92 Å². The molecule has 1 atom stereocenters. The lowest BCUT2D eigenvalue weighted by molar-refractivity contribution is -0.129. The number of amides is 1. The van der Waals surface area contributed by atoms with Crippen LogP contribution in [0.1, 0.15) is 58.3 Å². The molecule has 0 aromatic rings. The maximum atomic E-state index is 12.3. The summed E-state index contributed by atoms with van der Waals surface area (Å²) in [5.41, 5.74) is 0.0503. The molecule has 0 saturated heterocycles. The molecule has 3 heteroatoms. The average molecular weight is 260 g/mol. The van der Waals surface area contributed by atoms with Gasteiger partial charge in [-0.3, -0.25) is 4.79 Å². The first-order valence-electron chi connectivity index (χ1n) is 7.86. The highest BCUT2D eigenvalue weighted by atomic mass is 16.2. The molecule has 0 spiro atoms. The molecule has 4 saturated carbocycles. The molecule has 3 nitrogen and oxygen atoms in total. The summed E-state index contributed by atoms with van der Waals surface area (Å²) in [5.74, 6) is 2.04. The van der Waals surface area contributed by atoms with E-state index in [1.165, 1.54) is 19.3 Å². The molecule has 1 N–H and O–H groups in total. The second kappa shape index (κ2) is 4.81. The Kier molecular flexibility index (Phi) is 3.28. The Bertz CT molecular complexity index is 374. The van der Waals surface area contributed by atoms with E-state index in [4.69, 9.17) is 5.26 Å². The molecule has 4 rings (SSSR count). The Labute approximate surface area is 115 Å². The lowest BCUT2D eigenvalue weighted by Gasteiger charge is -2.57. The number of nitrogens with one attached hydrogen (secondary N) is 1. The van der Waals surface area contributed by atoms with E-state index in [1.807, 2.05) is 6.92 Å². The molecular formula is C16H24N2O. The van der Waals surface area contributed by atoms with E-state index >= 15 is 0 Å². The number of carbonyl (C=O) groups excluding carboxylic acids is 1. The van der Waals surface area contributed by atoms with Crippen molar-refractivity contribution >= 4 is 5.91 Å². The summed E-state index contributed by atoms with van der Waals surface area (Å²) in [6, 6.07) is 2.17. The molecule has 1 amide bonds. The topological polar surface area (TPSA) is 52.9 Å². The zero-order valence-corrected chi connectivity index (χ0v) is 11.8. The Morgan fingerprint density at radius 2 is 1.79 bits per heavy atom. The first-order chi connectivity index (χ1) is 9.14. The van der Waals surface area contributed by atoms with Crippen LogP contribution in [0.2, 0.25) is 0 Å². The van der Waals surface area contributed by atoms with Gasteiger partial charge in [0, 0.05) is 5.54 Å². The minimum absolute atomic E-state index is 0.00806. The molecule has 104 valence electrons. The Hall–Kier alpha value is -1.04. The molecule has 4 aliphatic carbocycles. The average Bonchev–Trinajstić information content (AvgIpc) is 2.33. The monoisotopic (exact) mass is 260 g/mol. The first kappa shape index (κ1) is 13.0. The number of carbonyl (C=O) groups is 1. The maximum absolute atomic E-state index is 12.3. The van der Waals surface area contributed by atoms with Gasteiger partial charge in [-0.2, -0.15) is 5.26 Å². The van der Waals surface area contributed by atoms with Crippen LogP contribution < -0.4 is 5.32 Å². The van der Waals surface area contributed by atoms with Gasteiger partial charge in [0.2, 0.25) is 5.91 Å². The molecule has 0 aliphatic heterocycles. The summed E-state index contributed by atoms with van der Waals surface area (Å²) in [5, 5.41) is 12.4. The predicted molar refractivity (Wildman–Crippen MR) is 73.1 cm³/mol. The third kappa shape index (κ3) is 2.38. The number of rotatable bonds is 4. The zero-order valence-electron chi connectivity index (χ0n) is 11.8. The summed E-state index contributed by atoms with van der Waals surface area (Å²) in [6.45, 7) is 2.03. The van der Waals surface area contributed by atoms with Crippen LogP contribution in [0.3, 0.4) is 0 Å². The van der Waals surface area contributed by atoms with E-state index < -0.39 is 5.92 Å². The normalized spacial score (nSPS) is 40.7. The van der Waals surface area contributed by atoms with E-state index in [9.17, 15) is 4.79 Å². The minimum atomic E-state index is -0.446. The second-order valence-corrected chi connectivity index (χ2v) is 7.16. The number of nitriles is 1. The largest absolute Gasteiger partial charge is 0.349 e. The van der Waals surface area contributed by atoms with Crippen LogP contribution in [-0.4, -0.2) is 11.4 Å². The van der Waals surface area contributed by atoms with Crippen molar-refractivity contribution in [3.63, 3.8) is 0 Å². The van der Waals surface area contributed by atoms with Crippen molar-refractivity contribution in [2.24, 2.45) is 23.7 Å². The van der Waals surface area contributed by atoms with Crippen LogP contribution in [0.4, 0.5) is 0 Å². The van der Waals surface area contributed by atoms with Crippen LogP contribution in [0.15, 0.2) is 0 Å². The van der Waals surface area contributed by atoms with Gasteiger partial charge in [-0.25, -0.2) is 0 Å². The summed E-state index contributed by atoms with van der Waals surface area (Å²) >= 11 is 0. The Morgan fingerprint density at radius 3 is 2.21 bits per heavy atom. The lowest BCUT2D eigenvalue weighted by Crippen LogP contribution is -2.60. The van der Waals surface area contributed by atoms with E-state index in [2.05, 4.69) is 11.4 Å². The molecule has 0 aromatic carbocycles. The fraction of sp³-hybridized carbons (Fsp3) is 0.875. The van der Waals surface area contributed by atoms with Gasteiger partial charge in [-0.15, -0.1) is 0 Å². The molecule has 4 fully saturated rings. The molecule has 1 unspecified atom stereocenters. The molecule has 0 radical (unpaired) electrons. The Balaban J connectivity index is 1.69. The molecule has 19 heavy (non-hydrogen) atoms. The maximum Gasteiger partial charge on any atom is 0.237 e. The highest BCUT2D eigenvalue weighted by Gasteiger charge is 2.51. The van der Waals surface area contributed by atoms with Crippen molar-refractivity contribution in [2.45, 2.75) is 63.8 Å². The van der Waals surface area contributed by atoms with Gasteiger partial charge < -0.3 is 5.32 Å². The van der Waals surface area contributed by atoms with Gasteiger partial charge in [-0.1, -0.05) is 13.3 Å². The summed E-state index contributed by atoms with van der Waals surface area (Å²) in [4.78, 5) is 12.3. The summed E-state index contributed by atoms with van der Waals surface area (Å²) in [7, 11) is 0. The second-order valence-electron chi connectivity index (χ2n) is 7.16. The van der Waals surface area contributed by atoms with Crippen LogP contribution in [0.25, 0.3) is 0 Å². The molecular weight excluding hydrogens is 236 g/mol. The number of hydrogen-bond acceptors (Lipinski definition) is 2. The van der Waals surface area contributed by atoms with Crippen molar-refractivity contribution in [3.8, 4) is 6.07 Å². The third-order valence-corrected chi connectivity index (χ3v) is 5.48. The standard InChI is InChI=1S/C16H24N2O/c1-2-3-14(10-17)15(19)18-16-7-11-4-12(8-16)6-13(5-11)9-16/h11-14H,2-9H2,1H3,(H,18,19). The number of hydrogen-bond donors (Lipinski definition) is 1. The zero-order chi connectivity index (χ0) is 13.5. The molecule has 0 heterocycles. The van der Waals surface area contributed by atoms with Crippen molar-refractivity contribution < 1.29 is 4.79 Å². The van der Waals surface area contributed by atoms with Crippen molar-refractivity contribution in [3.05, 3.63) is 0 Å². The van der Waals surface area contributed by atoms with Crippen LogP contribution in [0, 0.1) is 35.0 Å². The quantitative estimate of drug-likeness (QED) is 0.844. The van der Waals surface area contributed by atoms with Gasteiger partial charge in [0.05, 0.1) is 6.07 Å². The SMILES string of the molecule is CCCC(C#N)C(=O)NC12CC3CC(CC(C3)C1)C2. The van der Waals surface area contributed by atoms with Crippen molar-refractivity contribution in [1.29, 1.82) is 5.26 Å². The highest BCUT2D eigenvalue weighted by Crippen LogP contribution is 2.55. The van der Waals surface area contributed by atoms with Crippen molar-refractivity contribution in [2.75, 3.05) is 0 Å². The summed E-state index contributed by atoms with van der Waals surface area (Å²) in [6.07, 6.45) is 9.21. The van der Waals surface area contributed by atoms with Gasteiger partial charge >= 0.3 is 0 Å². The minimum Gasteiger partial charge on any atom is -0.349 e. The smallest absolute Gasteiger partial charge is 0.237 e. The van der Waals surface area contributed by atoms with Crippen molar-refractivity contribution in [1.82, 2.24) is 5.32 Å². The molecule has 4 aliphatic rings. The van der Waals surface area contributed by atoms with Gasteiger partial charge in [0.25, 0.3) is 0 Å². The van der Waals surface area contributed by atoms with E-state index in [-0.39, 0.29) is 11.4 Å². The Morgan fingerprint density at radius 1 is 1.26 bits per heavy atom. The van der Waals surface area contributed by atoms with Crippen LogP contribution in [-0.2, 0) is 4.79 Å². The first-order valence-corrected chi connectivity index (χ1v) is 7.86. The molecule has 0 aromatic heterocycles. The third-order valence-electron chi connectivity index (χ3n) is 5.48. The fourth-order valence-electron chi connectivity index (χ4n) is 5.16. The highest BCUT2D eigenvalue weighted by molar-refractivity contribution is 5.81. The van der Waals surface area contributed by atoms with E-state index in [1.54, 1.807) is 0 Å². The fourth-order valence-corrected chi connectivity index (χ4v) is 5.16.